The van der Waals surface area contributed by atoms with Gasteiger partial charge < -0.3 is 14.9 Å². The third-order valence-corrected chi connectivity index (χ3v) is 6.51. The summed E-state index contributed by atoms with van der Waals surface area (Å²) in [5, 5.41) is 5.32. The topological polar surface area (TPSA) is 49.8 Å². The number of carbonyl (C=O) groups excluding carboxylic acids is 1. The third kappa shape index (κ3) is 4.02. The van der Waals surface area contributed by atoms with Gasteiger partial charge in [0.25, 0.3) is 5.91 Å². The summed E-state index contributed by atoms with van der Waals surface area (Å²) in [7, 11) is 0. The Kier molecular flexibility index (Phi) is 5.47. The number of aromatic nitrogens is 2. The van der Waals surface area contributed by atoms with Crippen molar-refractivity contribution in [3.05, 3.63) is 107 Å². The summed E-state index contributed by atoms with van der Waals surface area (Å²) in [4.78, 5) is 16.1. The molecule has 33 heavy (non-hydrogen) atoms. The minimum absolute atomic E-state index is 0.0694. The number of fused-ring (bicyclic) bond motifs is 2. The minimum Gasteiger partial charge on any atom is -0.361 e. The van der Waals surface area contributed by atoms with E-state index in [9.17, 15) is 9.18 Å². The maximum Gasteiger partial charge on any atom is 0.251 e. The van der Waals surface area contributed by atoms with Gasteiger partial charge in [-0.05, 0) is 73.4 Å². The van der Waals surface area contributed by atoms with E-state index in [0.29, 0.717) is 18.7 Å². The first-order chi connectivity index (χ1) is 16.0. The van der Waals surface area contributed by atoms with Gasteiger partial charge in [0.05, 0.1) is 0 Å². The van der Waals surface area contributed by atoms with Gasteiger partial charge in [0, 0.05) is 52.3 Å². The number of H-pyrrole nitrogens is 1. The standard InChI is InChI=1S/C28H26FN3O/c1-18-19(2)32(17-20-7-10-23(29)11-8-20)27-12-9-21(15-25(18)27)28(33)30-14-13-22-16-31-26-6-4-3-5-24(22)26/h3-12,15-16,31H,13-14,17H2,1-2H3,(H,30,33). The maximum absolute atomic E-state index is 13.3. The van der Waals surface area contributed by atoms with E-state index in [1.165, 1.54) is 23.1 Å². The molecular formula is C28H26FN3O. The van der Waals surface area contributed by atoms with E-state index in [1.807, 2.05) is 48.7 Å². The first kappa shape index (κ1) is 21.0. The lowest BCUT2D eigenvalue weighted by Gasteiger charge is -2.09. The molecule has 2 N–H and O–H groups in total. The molecule has 5 aromatic rings. The first-order valence-corrected chi connectivity index (χ1v) is 11.2. The second kappa shape index (κ2) is 8.58. The molecule has 0 saturated heterocycles. The van der Waals surface area contributed by atoms with Gasteiger partial charge in [-0.25, -0.2) is 4.39 Å². The van der Waals surface area contributed by atoms with Crippen LogP contribution in [-0.4, -0.2) is 22.0 Å². The monoisotopic (exact) mass is 439 g/mol. The molecule has 4 nitrogen and oxygen atoms in total. The van der Waals surface area contributed by atoms with Gasteiger partial charge in [-0.2, -0.15) is 0 Å². The predicted molar refractivity (Wildman–Crippen MR) is 131 cm³/mol. The van der Waals surface area contributed by atoms with E-state index in [1.54, 1.807) is 0 Å². The zero-order valence-electron chi connectivity index (χ0n) is 18.8. The van der Waals surface area contributed by atoms with Gasteiger partial charge in [-0.15, -0.1) is 0 Å². The number of halogens is 1. The fourth-order valence-corrected chi connectivity index (χ4v) is 4.52. The summed E-state index contributed by atoms with van der Waals surface area (Å²) in [6, 6.07) is 20.6. The molecule has 5 rings (SSSR count). The van der Waals surface area contributed by atoms with E-state index in [0.717, 1.165) is 39.7 Å². The highest BCUT2D eigenvalue weighted by Crippen LogP contribution is 2.27. The van der Waals surface area contributed by atoms with Crippen LogP contribution in [0.25, 0.3) is 21.8 Å². The number of hydrogen-bond acceptors (Lipinski definition) is 1. The molecular weight excluding hydrogens is 413 g/mol. The molecule has 0 aliphatic carbocycles. The first-order valence-electron chi connectivity index (χ1n) is 11.2. The van der Waals surface area contributed by atoms with Crippen molar-refractivity contribution in [1.29, 1.82) is 0 Å². The van der Waals surface area contributed by atoms with E-state index in [-0.39, 0.29) is 11.7 Å². The van der Waals surface area contributed by atoms with Gasteiger partial charge >= 0.3 is 0 Å². The molecule has 0 unspecified atom stereocenters. The van der Waals surface area contributed by atoms with Crippen LogP contribution in [0.15, 0.2) is 72.9 Å². The number of amides is 1. The van der Waals surface area contributed by atoms with Crippen molar-refractivity contribution in [3.63, 3.8) is 0 Å². The van der Waals surface area contributed by atoms with E-state index in [2.05, 4.69) is 40.8 Å². The number of nitrogens with one attached hydrogen (secondary N) is 2. The average molecular weight is 440 g/mol. The minimum atomic E-state index is -0.232. The van der Waals surface area contributed by atoms with Crippen molar-refractivity contribution in [3.8, 4) is 0 Å². The van der Waals surface area contributed by atoms with Crippen LogP contribution in [0.1, 0.15) is 32.7 Å². The van der Waals surface area contributed by atoms with Crippen molar-refractivity contribution in [2.24, 2.45) is 0 Å². The van der Waals surface area contributed by atoms with Crippen LogP contribution < -0.4 is 5.32 Å². The molecule has 0 aliphatic heterocycles. The van der Waals surface area contributed by atoms with Crippen LogP contribution in [0.2, 0.25) is 0 Å². The highest BCUT2D eigenvalue weighted by Gasteiger charge is 2.14. The predicted octanol–water partition coefficient (Wildman–Crippen LogP) is 5.90. The molecule has 0 bridgehead atoms. The van der Waals surface area contributed by atoms with Crippen molar-refractivity contribution in [1.82, 2.24) is 14.9 Å². The van der Waals surface area contributed by atoms with Crippen molar-refractivity contribution >= 4 is 27.7 Å². The molecule has 0 spiro atoms. The van der Waals surface area contributed by atoms with Crippen LogP contribution in [-0.2, 0) is 13.0 Å². The lowest BCUT2D eigenvalue weighted by Crippen LogP contribution is -2.25. The van der Waals surface area contributed by atoms with Gasteiger partial charge in [-0.1, -0.05) is 30.3 Å². The summed E-state index contributed by atoms with van der Waals surface area (Å²) in [5.41, 5.74) is 7.38. The summed E-state index contributed by atoms with van der Waals surface area (Å²) in [6.45, 7) is 5.40. The Morgan fingerprint density at radius 1 is 1.00 bits per heavy atom. The van der Waals surface area contributed by atoms with Gasteiger partial charge in [-0.3, -0.25) is 4.79 Å². The number of carbonyl (C=O) groups is 1. The Balaban J connectivity index is 1.32. The molecule has 2 heterocycles. The number of aromatic amines is 1. The number of hydrogen-bond donors (Lipinski definition) is 2. The average Bonchev–Trinajstić information content (AvgIpc) is 3.35. The Morgan fingerprint density at radius 3 is 2.61 bits per heavy atom. The summed E-state index contributed by atoms with van der Waals surface area (Å²) in [5.74, 6) is -0.301. The Hall–Kier alpha value is -3.86. The molecule has 0 aliphatic rings. The smallest absolute Gasteiger partial charge is 0.251 e. The highest BCUT2D eigenvalue weighted by molar-refractivity contribution is 5.99. The van der Waals surface area contributed by atoms with Crippen LogP contribution >= 0.6 is 0 Å². The highest BCUT2D eigenvalue weighted by atomic mass is 19.1. The van der Waals surface area contributed by atoms with Gasteiger partial charge in [0.1, 0.15) is 5.82 Å². The molecule has 0 atom stereocenters. The molecule has 166 valence electrons. The largest absolute Gasteiger partial charge is 0.361 e. The quantitative estimate of drug-likeness (QED) is 0.340. The second-order valence-corrected chi connectivity index (χ2v) is 8.52. The SMILES string of the molecule is Cc1c(C)n(Cc2ccc(F)cc2)c2ccc(C(=O)NCCc3c[nH]c4ccccc34)cc12. The maximum atomic E-state index is 13.3. The second-order valence-electron chi connectivity index (χ2n) is 8.52. The van der Waals surface area contributed by atoms with Crippen LogP contribution in [0.5, 0.6) is 0 Å². The van der Waals surface area contributed by atoms with Gasteiger partial charge in [0.2, 0.25) is 0 Å². The molecule has 0 saturated carbocycles. The van der Waals surface area contributed by atoms with Crippen LogP contribution in [0.4, 0.5) is 4.39 Å². The number of benzene rings is 3. The van der Waals surface area contributed by atoms with E-state index in [4.69, 9.17) is 0 Å². The van der Waals surface area contributed by atoms with E-state index < -0.39 is 0 Å². The lowest BCUT2D eigenvalue weighted by molar-refractivity contribution is 0.0954. The normalized spacial score (nSPS) is 11.4. The molecule has 0 fully saturated rings. The van der Waals surface area contributed by atoms with Crippen LogP contribution in [0, 0.1) is 19.7 Å². The third-order valence-electron chi connectivity index (χ3n) is 6.51. The Labute approximate surface area is 192 Å². The number of para-hydroxylation sites is 1. The van der Waals surface area contributed by atoms with E-state index >= 15 is 0 Å². The Bertz CT molecular complexity index is 1460. The molecule has 2 aromatic heterocycles. The molecule has 0 radical (unpaired) electrons. The summed E-state index contributed by atoms with van der Waals surface area (Å²) < 4.78 is 15.5. The molecule has 5 heteroatoms. The molecule has 1 amide bonds. The van der Waals surface area contributed by atoms with Crippen molar-refractivity contribution < 1.29 is 9.18 Å². The fourth-order valence-electron chi connectivity index (χ4n) is 4.52. The van der Waals surface area contributed by atoms with Crippen molar-refractivity contribution in [2.75, 3.05) is 6.54 Å². The Morgan fingerprint density at radius 2 is 1.79 bits per heavy atom. The number of nitrogens with zero attached hydrogens (tertiary/aromatic N) is 1. The summed E-state index contributed by atoms with van der Waals surface area (Å²) >= 11 is 0. The zero-order valence-corrected chi connectivity index (χ0v) is 18.8. The lowest BCUT2D eigenvalue weighted by atomic mass is 10.1. The number of rotatable bonds is 6. The zero-order chi connectivity index (χ0) is 22.9. The number of aryl methyl sites for hydroxylation is 1. The molecule has 3 aromatic carbocycles. The van der Waals surface area contributed by atoms with Crippen molar-refractivity contribution in [2.45, 2.75) is 26.8 Å². The summed E-state index contributed by atoms with van der Waals surface area (Å²) in [6.07, 6.45) is 2.78. The van der Waals surface area contributed by atoms with Crippen LogP contribution in [0.3, 0.4) is 0 Å². The fraction of sp³-hybridized carbons (Fsp3) is 0.179. The van der Waals surface area contributed by atoms with Gasteiger partial charge in [0.15, 0.2) is 0 Å².